The van der Waals surface area contributed by atoms with Crippen LogP contribution in [0.3, 0.4) is 0 Å². The summed E-state index contributed by atoms with van der Waals surface area (Å²) in [5.41, 5.74) is 27.3. The van der Waals surface area contributed by atoms with Crippen molar-refractivity contribution >= 4 is 41.5 Å². The first kappa shape index (κ1) is 33.3. The Morgan fingerprint density at radius 1 is 0.775 bits per heavy atom. The summed E-state index contributed by atoms with van der Waals surface area (Å²) in [6.07, 6.45) is -0.723. The van der Waals surface area contributed by atoms with E-state index < -0.39 is 66.1 Å². The van der Waals surface area contributed by atoms with Crippen LogP contribution in [-0.2, 0) is 35.2 Å². The van der Waals surface area contributed by atoms with E-state index in [-0.39, 0.29) is 44.6 Å². The van der Waals surface area contributed by atoms with E-state index in [4.69, 9.17) is 28.7 Å². The first-order chi connectivity index (χ1) is 18.8. The van der Waals surface area contributed by atoms with Crippen molar-refractivity contribution in [2.75, 3.05) is 6.54 Å². The van der Waals surface area contributed by atoms with Gasteiger partial charge in [0.15, 0.2) is 5.96 Å². The van der Waals surface area contributed by atoms with Crippen molar-refractivity contribution in [3.63, 3.8) is 0 Å². The van der Waals surface area contributed by atoms with Gasteiger partial charge in [-0.25, -0.2) is 4.79 Å². The fraction of sp³-hybridized carbons (Fsp3) is 0.458. The summed E-state index contributed by atoms with van der Waals surface area (Å²) in [6, 6.07) is 3.24. The van der Waals surface area contributed by atoms with Gasteiger partial charge in [0.2, 0.25) is 29.5 Å². The Morgan fingerprint density at radius 2 is 1.35 bits per heavy atom. The minimum atomic E-state index is -1.55. The number of carboxylic acid groups (broad SMARTS) is 1. The molecule has 0 saturated heterocycles. The zero-order valence-electron chi connectivity index (χ0n) is 21.9. The van der Waals surface area contributed by atoms with Crippen LogP contribution in [0.5, 0.6) is 0 Å². The van der Waals surface area contributed by atoms with Gasteiger partial charge < -0.3 is 49.7 Å². The maximum Gasteiger partial charge on any atom is 0.326 e. The number of amides is 5. The zero-order valence-corrected chi connectivity index (χ0v) is 21.9. The third kappa shape index (κ3) is 13.2. The lowest BCUT2D eigenvalue weighted by atomic mass is 10.0. The summed E-state index contributed by atoms with van der Waals surface area (Å²) in [7, 11) is 0. The predicted octanol–water partition coefficient (Wildman–Crippen LogP) is -3.71. The maximum atomic E-state index is 13.2. The number of hydrogen-bond acceptors (Lipinski definition) is 8. The summed E-state index contributed by atoms with van der Waals surface area (Å²) >= 11 is 0. The topological polar surface area (TPSA) is 301 Å². The smallest absolute Gasteiger partial charge is 0.326 e. The molecule has 1 aromatic carbocycles. The third-order valence-corrected chi connectivity index (χ3v) is 5.55. The van der Waals surface area contributed by atoms with Crippen molar-refractivity contribution in [3.8, 4) is 0 Å². The monoisotopic (exact) mass is 563 g/mol. The summed E-state index contributed by atoms with van der Waals surface area (Å²) in [5.74, 6) is -5.73. The molecule has 4 atom stereocenters. The largest absolute Gasteiger partial charge is 0.480 e. The minimum absolute atomic E-state index is 0.0194. The standard InChI is InChI=1S/C24H37N9O7/c25-14(8-9-18(26)34)20(36)32-16(11-13-5-2-1-3-6-13)21(37)33-17(12-19(27)35)22(38)31-15(23(39)40)7-4-10-30-24(28)29/h1-3,5-6,14-17H,4,7-12,25H2,(H2,26,34)(H2,27,35)(H,31,38)(H,32,36)(H,33,37)(H,39,40)(H4,28,29,30). The van der Waals surface area contributed by atoms with Crippen LogP contribution in [0.1, 0.15) is 37.7 Å². The van der Waals surface area contributed by atoms with Gasteiger partial charge >= 0.3 is 5.97 Å². The lowest BCUT2D eigenvalue weighted by molar-refractivity contribution is -0.142. The molecule has 1 rings (SSSR count). The summed E-state index contributed by atoms with van der Waals surface area (Å²) < 4.78 is 0. The van der Waals surface area contributed by atoms with Gasteiger partial charge in [-0.2, -0.15) is 0 Å². The number of nitrogens with two attached hydrogens (primary N) is 5. The van der Waals surface area contributed by atoms with Gasteiger partial charge in [0.05, 0.1) is 12.5 Å². The Balaban J connectivity index is 3.06. The summed E-state index contributed by atoms with van der Waals surface area (Å²) in [4.78, 5) is 76.9. The van der Waals surface area contributed by atoms with E-state index in [2.05, 4.69) is 20.9 Å². The number of aliphatic carboxylic acids is 1. The van der Waals surface area contributed by atoms with Crippen LogP contribution in [0.25, 0.3) is 0 Å². The van der Waals surface area contributed by atoms with Crippen LogP contribution < -0.4 is 44.6 Å². The van der Waals surface area contributed by atoms with Gasteiger partial charge in [-0.05, 0) is 24.8 Å². The second-order valence-electron chi connectivity index (χ2n) is 8.94. The normalized spacial score (nSPS) is 13.5. The second-order valence-corrected chi connectivity index (χ2v) is 8.94. The Hall–Kier alpha value is -4.73. The molecular formula is C24H37N9O7. The average Bonchev–Trinajstić information content (AvgIpc) is 2.87. The zero-order chi connectivity index (χ0) is 30.2. The molecule has 0 saturated carbocycles. The molecule has 0 bridgehead atoms. The van der Waals surface area contributed by atoms with E-state index in [0.717, 1.165) is 0 Å². The molecule has 0 fully saturated rings. The highest BCUT2D eigenvalue weighted by Crippen LogP contribution is 2.07. The van der Waals surface area contributed by atoms with Gasteiger partial charge in [0, 0.05) is 19.4 Å². The Labute approximate surface area is 230 Å². The van der Waals surface area contributed by atoms with E-state index in [1.54, 1.807) is 30.3 Å². The van der Waals surface area contributed by atoms with Gasteiger partial charge in [-0.3, -0.25) is 29.0 Å². The van der Waals surface area contributed by atoms with Crippen LogP contribution in [-0.4, -0.2) is 77.3 Å². The number of carboxylic acids is 1. The number of carbonyl (C=O) groups excluding carboxylic acids is 5. The lowest BCUT2D eigenvalue weighted by Gasteiger charge is -2.25. The molecule has 1 aromatic rings. The fourth-order valence-electron chi connectivity index (χ4n) is 3.48. The van der Waals surface area contributed by atoms with Crippen molar-refractivity contribution < 1.29 is 33.9 Å². The van der Waals surface area contributed by atoms with Gasteiger partial charge in [0.1, 0.15) is 18.1 Å². The molecule has 16 nitrogen and oxygen atoms in total. The van der Waals surface area contributed by atoms with E-state index in [0.29, 0.717) is 5.56 Å². The molecule has 0 aliphatic carbocycles. The maximum absolute atomic E-state index is 13.2. The van der Waals surface area contributed by atoms with Crippen LogP contribution in [0.4, 0.5) is 0 Å². The van der Waals surface area contributed by atoms with Crippen LogP contribution >= 0.6 is 0 Å². The molecule has 5 amide bonds. The fourth-order valence-corrected chi connectivity index (χ4v) is 3.48. The number of rotatable bonds is 18. The van der Waals surface area contributed by atoms with Crippen molar-refractivity contribution in [2.45, 2.75) is 62.7 Å². The SMILES string of the molecule is NC(=O)CCC(N)C(=O)NC(Cc1ccccc1)C(=O)NC(CC(N)=O)C(=O)NC(CCCN=C(N)N)C(=O)O. The molecule has 220 valence electrons. The molecule has 14 N–H and O–H groups in total. The third-order valence-electron chi connectivity index (χ3n) is 5.55. The van der Waals surface area contributed by atoms with Crippen molar-refractivity contribution in [1.82, 2.24) is 16.0 Å². The van der Waals surface area contributed by atoms with E-state index >= 15 is 0 Å². The molecular weight excluding hydrogens is 526 g/mol. The highest BCUT2D eigenvalue weighted by molar-refractivity contribution is 5.96. The van der Waals surface area contributed by atoms with Gasteiger partial charge in [-0.15, -0.1) is 0 Å². The molecule has 0 aromatic heterocycles. The van der Waals surface area contributed by atoms with Crippen LogP contribution in [0.2, 0.25) is 0 Å². The van der Waals surface area contributed by atoms with Crippen LogP contribution in [0.15, 0.2) is 35.3 Å². The molecule has 0 aliphatic rings. The Morgan fingerprint density at radius 3 is 1.90 bits per heavy atom. The Kier molecular flexibility index (Phi) is 14.1. The van der Waals surface area contributed by atoms with Crippen LogP contribution in [0, 0.1) is 0 Å². The molecule has 4 unspecified atom stereocenters. The number of aliphatic imine (C=N–C) groups is 1. The van der Waals surface area contributed by atoms with Crippen molar-refractivity contribution in [2.24, 2.45) is 33.7 Å². The molecule has 0 spiro atoms. The Bertz CT molecular complexity index is 1080. The van der Waals surface area contributed by atoms with Crippen molar-refractivity contribution in [3.05, 3.63) is 35.9 Å². The number of nitrogens with zero attached hydrogens (tertiary/aromatic N) is 1. The molecule has 16 heteroatoms. The number of hydrogen-bond donors (Lipinski definition) is 9. The van der Waals surface area contributed by atoms with E-state index in [1.807, 2.05) is 0 Å². The molecule has 0 heterocycles. The summed E-state index contributed by atoms with van der Waals surface area (Å²) in [5, 5.41) is 16.6. The lowest BCUT2D eigenvalue weighted by Crippen LogP contribution is -2.58. The van der Waals surface area contributed by atoms with Gasteiger partial charge in [-0.1, -0.05) is 30.3 Å². The van der Waals surface area contributed by atoms with E-state index in [1.165, 1.54) is 0 Å². The predicted molar refractivity (Wildman–Crippen MR) is 144 cm³/mol. The number of carbonyl (C=O) groups is 6. The number of primary amides is 2. The first-order valence-corrected chi connectivity index (χ1v) is 12.4. The van der Waals surface area contributed by atoms with Crippen molar-refractivity contribution in [1.29, 1.82) is 0 Å². The highest BCUT2D eigenvalue weighted by Gasteiger charge is 2.31. The molecule has 0 radical (unpaired) electrons. The quantitative estimate of drug-likeness (QED) is 0.0478. The number of nitrogens with one attached hydrogen (secondary N) is 3. The molecule has 0 aliphatic heterocycles. The first-order valence-electron chi connectivity index (χ1n) is 12.4. The van der Waals surface area contributed by atoms with Gasteiger partial charge in [0.25, 0.3) is 0 Å². The average molecular weight is 564 g/mol. The number of benzene rings is 1. The second kappa shape index (κ2) is 17.0. The summed E-state index contributed by atoms with van der Waals surface area (Å²) in [6.45, 7) is 0.117. The van der Waals surface area contributed by atoms with E-state index in [9.17, 15) is 33.9 Å². The highest BCUT2D eigenvalue weighted by atomic mass is 16.4. The molecule has 40 heavy (non-hydrogen) atoms. The minimum Gasteiger partial charge on any atom is -0.480 e. The number of guanidine groups is 1.